The van der Waals surface area contributed by atoms with Gasteiger partial charge in [-0.2, -0.15) is 13.2 Å². The van der Waals surface area contributed by atoms with Gasteiger partial charge < -0.3 is 10.8 Å². The largest absolute Gasteiger partial charge is 0.416 e. The number of nitrogens with two attached hydrogens (primary N) is 1. The van der Waals surface area contributed by atoms with E-state index in [1.165, 1.54) is 6.07 Å². The molecule has 0 bridgehead atoms. The first-order chi connectivity index (χ1) is 8.30. The molecule has 1 atom stereocenters. The highest BCUT2D eigenvalue weighted by Crippen LogP contribution is 2.30. The number of halogens is 3. The second-order valence-electron chi connectivity index (χ2n) is 4.55. The van der Waals surface area contributed by atoms with Crippen LogP contribution >= 0.6 is 0 Å². The molecule has 102 valence electrons. The molecule has 0 aliphatic rings. The quantitative estimate of drug-likeness (QED) is 0.856. The normalized spacial score (nSPS) is 15.4. The number of rotatable bonds is 5. The second kappa shape index (κ2) is 5.71. The fourth-order valence-corrected chi connectivity index (χ4v) is 1.97. The molecule has 18 heavy (non-hydrogen) atoms. The SMILES string of the molecule is CCCC(O)(CN)Cc1cccc(C(F)(F)F)c1. The fraction of sp³-hybridized carbons (Fsp3) is 0.538. The first-order valence-corrected chi connectivity index (χ1v) is 5.89. The fourth-order valence-electron chi connectivity index (χ4n) is 1.97. The van der Waals surface area contributed by atoms with E-state index in [1.807, 2.05) is 6.92 Å². The van der Waals surface area contributed by atoms with E-state index in [-0.39, 0.29) is 13.0 Å². The zero-order valence-corrected chi connectivity index (χ0v) is 10.3. The third-order valence-corrected chi connectivity index (χ3v) is 2.88. The molecule has 1 unspecified atom stereocenters. The summed E-state index contributed by atoms with van der Waals surface area (Å²) in [5.41, 5.74) is 4.12. The summed E-state index contributed by atoms with van der Waals surface area (Å²) in [6.07, 6.45) is -3.02. The number of alkyl halides is 3. The van der Waals surface area contributed by atoms with Crippen molar-refractivity contribution >= 4 is 0 Å². The molecule has 0 radical (unpaired) electrons. The van der Waals surface area contributed by atoms with Crippen LogP contribution in [0.4, 0.5) is 13.2 Å². The number of hydrogen-bond acceptors (Lipinski definition) is 2. The molecule has 1 aromatic carbocycles. The molecular formula is C13H18F3NO. The first-order valence-electron chi connectivity index (χ1n) is 5.89. The molecule has 1 aromatic rings. The predicted octanol–water partition coefficient (Wildman–Crippen LogP) is 2.74. The van der Waals surface area contributed by atoms with Crippen LogP contribution < -0.4 is 5.73 Å². The van der Waals surface area contributed by atoms with Crippen molar-refractivity contribution < 1.29 is 18.3 Å². The van der Waals surface area contributed by atoms with Crippen LogP contribution in [0.1, 0.15) is 30.9 Å². The van der Waals surface area contributed by atoms with Gasteiger partial charge in [0, 0.05) is 13.0 Å². The van der Waals surface area contributed by atoms with Crippen molar-refractivity contribution in [2.45, 2.75) is 38.0 Å². The minimum Gasteiger partial charge on any atom is -0.388 e. The third kappa shape index (κ3) is 3.99. The molecule has 0 aliphatic carbocycles. The molecule has 0 saturated heterocycles. The number of benzene rings is 1. The summed E-state index contributed by atoms with van der Waals surface area (Å²) < 4.78 is 37.6. The second-order valence-corrected chi connectivity index (χ2v) is 4.55. The van der Waals surface area contributed by atoms with Crippen molar-refractivity contribution in [3.63, 3.8) is 0 Å². The molecule has 0 aromatic heterocycles. The smallest absolute Gasteiger partial charge is 0.388 e. The minimum atomic E-state index is -4.36. The first kappa shape index (κ1) is 15.0. The molecule has 0 amide bonds. The van der Waals surface area contributed by atoms with Crippen molar-refractivity contribution in [1.82, 2.24) is 0 Å². The highest BCUT2D eigenvalue weighted by molar-refractivity contribution is 5.26. The zero-order chi connectivity index (χ0) is 13.8. The van der Waals surface area contributed by atoms with E-state index in [1.54, 1.807) is 6.07 Å². The van der Waals surface area contributed by atoms with E-state index in [0.717, 1.165) is 18.6 Å². The van der Waals surface area contributed by atoms with Gasteiger partial charge in [0.05, 0.1) is 11.2 Å². The van der Waals surface area contributed by atoms with Crippen molar-refractivity contribution in [2.24, 2.45) is 5.73 Å². The summed E-state index contributed by atoms with van der Waals surface area (Å²) >= 11 is 0. The molecule has 3 N–H and O–H groups in total. The monoisotopic (exact) mass is 261 g/mol. The van der Waals surface area contributed by atoms with E-state index >= 15 is 0 Å². The van der Waals surface area contributed by atoms with Crippen LogP contribution in [0.15, 0.2) is 24.3 Å². The van der Waals surface area contributed by atoms with Gasteiger partial charge in [-0.3, -0.25) is 0 Å². The Morgan fingerprint density at radius 2 is 1.94 bits per heavy atom. The van der Waals surface area contributed by atoms with Crippen LogP contribution in [0.3, 0.4) is 0 Å². The van der Waals surface area contributed by atoms with Crippen molar-refractivity contribution in [3.05, 3.63) is 35.4 Å². The molecule has 0 fully saturated rings. The summed E-state index contributed by atoms with van der Waals surface area (Å²) in [6.45, 7) is 1.93. The van der Waals surface area contributed by atoms with E-state index in [4.69, 9.17) is 5.73 Å². The van der Waals surface area contributed by atoms with Gasteiger partial charge in [0.25, 0.3) is 0 Å². The maximum absolute atomic E-state index is 12.5. The van der Waals surface area contributed by atoms with Crippen LogP contribution in [0.2, 0.25) is 0 Å². The predicted molar refractivity (Wildman–Crippen MR) is 64.1 cm³/mol. The Kier molecular flexibility index (Phi) is 4.76. The van der Waals surface area contributed by atoms with Crippen LogP contribution in [0, 0.1) is 0 Å². The lowest BCUT2D eigenvalue weighted by molar-refractivity contribution is -0.137. The highest BCUT2D eigenvalue weighted by Gasteiger charge is 2.31. The van der Waals surface area contributed by atoms with Crippen molar-refractivity contribution in [2.75, 3.05) is 6.54 Å². The van der Waals surface area contributed by atoms with E-state index < -0.39 is 17.3 Å². The van der Waals surface area contributed by atoms with Crippen LogP contribution in [0.5, 0.6) is 0 Å². The van der Waals surface area contributed by atoms with Gasteiger partial charge >= 0.3 is 6.18 Å². The van der Waals surface area contributed by atoms with Crippen LogP contribution in [-0.4, -0.2) is 17.3 Å². The number of hydrogen-bond donors (Lipinski definition) is 2. The topological polar surface area (TPSA) is 46.2 Å². The maximum atomic E-state index is 12.5. The average Bonchev–Trinajstić information content (AvgIpc) is 2.28. The highest BCUT2D eigenvalue weighted by atomic mass is 19.4. The van der Waals surface area contributed by atoms with Crippen molar-refractivity contribution in [3.8, 4) is 0 Å². The molecular weight excluding hydrogens is 243 g/mol. The molecule has 1 rings (SSSR count). The molecule has 0 heterocycles. The average molecular weight is 261 g/mol. The summed E-state index contributed by atoms with van der Waals surface area (Å²) in [5.74, 6) is 0. The van der Waals surface area contributed by atoms with E-state index in [2.05, 4.69) is 0 Å². The molecule has 2 nitrogen and oxygen atoms in total. The van der Waals surface area contributed by atoms with E-state index in [0.29, 0.717) is 12.0 Å². The summed E-state index contributed by atoms with van der Waals surface area (Å²) in [5, 5.41) is 10.2. The standard InChI is InChI=1S/C13H18F3NO/c1-2-6-12(18,9-17)8-10-4-3-5-11(7-10)13(14,15)16/h3-5,7,18H,2,6,8-9,17H2,1H3. The molecule has 0 saturated carbocycles. The third-order valence-electron chi connectivity index (χ3n) is 2.88. The Morgan fingerprint density at radius 1 is 1.28 bits per heavy atom. The lowest BCUT2D eigenvalue weighted by atomic mass is 9.89. The number of aliphatic hydroxyl groups is 1. The maximum Gasteiger partial charge on any atom is 0.416 e. The Labute approximate surface area is 105 Å². The van der Waals surface area contributed by atoms with Gasteiger partial charge in [0.2, 0.25) is 0 Å². The van der Waals surface area contributed by atoms with Gasteiger partial charge in [0.1, 0.15) is 0 Å². The summed E-state index contributed by atoms with van der Waals surface area (Å²) in [6, 6.07) is 5.01. The zero-order valence-electron chi connectivity index (χ0n) is 10.3. The lowest BCUT2D eigenvalue weighted by Crippen LogP contribution is -2.39. The Balaban J connectivity index is 2.91. The lowest BCUT2D eigenvalue weighted by Gasteiger charge is -2.26. The van der Waals surface area contributed by atoms with Gasteiger partial charge in [-0.1, -0.05) is 31.5 Å². The van der Waals surface area contributed by atoms with Crippen molar-refractivity contribution in [1.29, 1.82) is 0 Å². The van der Waals surface area contributed by atoms with Gasteiger partial charge in [-0.15, -0.1) is 0 Å². The van der Waals surface area contributed by atoms with Crippen LogP contribution in [-0.2, 0) is 12.6 Å². The summed E-state index contributed by atoms with van der Waals surface area (Å²) in [7, 11) is 0. The Bertz CT molecular complexity index is 392. The Morgan fingerprint density at radius 3 is 2.44 bits per heavy atom. The molecule has 0 aliphatic heterocycles. The molecule has 5 heteroatoms. The van der Waals surface area contributed by atoms with Crippen LogP contribution in [0.25, 0.3) is 0 Å². The molecule has 0 spiro atoms. The van der Waals surface area contributed by atoms with Gasteiger partial charge in [0.15, 0.2) is 0 Å². The van der Waals surface area contributed by atoms with Gasteiger partial charge in [-0.05, 0) is 18.1 Å². The Hall–Kier alpha value is -1.07. The van der Waals surface area contributed by atoms with E-state index in [9.17, 15) is 18.3 Å². The summed E-state index contributed by atoms with van der Waals surface area (Å²) in [4.78, 5) is 0. The minimum absolute atomic E-state index is 0.0388. The van der Waals surface area contributed by atoms with Gasteiger partial charge in [-0.25, -0.2) is 0 Å².